The van der Waals surface area contributed by atoms with E-state index in [1.165, 1.54) is 23.8 Å². The zero-order valence-corrected chi connectivity index (χ0v) is 29.0. The highest BCUT2D eigenvalue weighted by Gasteiger charge is 2.48. The molecule has 1 spiro atoms. The molecule has 2 rings (SSSR count). The Balaban J connectivity index is -0.000000554. The molecule has 0 aromatic heterocycles. The van der Waals surface area contributed by atoms with Crippen molar-refractivity contribution in [1.82, 2.24) is 24.5 Å². The number of halogens is 2. The molecule has 1 saturated carbocycles. The van der Waals surface area contributed by atoms with Crippen LogP contribution >= 0.6 is 0 Å². The van der Waals surface area contributed by atoms with Crippen molar-refractivity contribution >= 4 is 17.7 Å². The van der Waals surface area contributed by atoms with Gasteiger partial charge in [-0.3, -0.25) is 14.4 Å². The van der Waals surface area contributed by atoms with E-state index in [0.717, 1.165) is 30.8 Å². The summed E-state index contributed by atoms with van der Waals surface area (Å²) in [6, 6.07) is -0.361. The summed E-state index contributed by atoms with van der Waals surface area (Å²) < 4.78 is 35.6. The molecular formula is C30H63F2N5O5. The lowest BCUT2D eigenvalue weighted by Gasteiger charge is -2.34. The number of morpholine rings is 1. The molecule has 0 atom stereocenters. The lowest BCUT2D eigenvalue weighted by atomic mass is 10.2. The molecule has 42 heavy (non-hydrogen) atoms. The number of nitrogens with zero attached hydrogens (tertiary/aromatic N) is 5. The maximum absolute atomic E-state index is 12.6. The van der Waals surface area contributed by atoms with Gasteiger partial charge in [0.2, 0.25) is 17.7 Å². The minimum absolute atomic E-state index is 0.0206. The lowest BCUT2D eigenvalue weighted by Crippen LogP contribution is -2.50. The third kappa shape index (κ3) is 20.1. The summed E-state index contributed by atoms with van der Waals surface area (Å²) >= 11 is 0. The molecule has 0 aromatic rings. The fourth-order valence-electron chi connectivity index (χ4n) is 3.24. The highest BCUT2D eigenvalue weighted by molar-refractivity contribution is 5.83. The number of ether oxygens (including phenoxy) is 2. The molecule has 12 heteroatoms. The summed E-state index contributed by atoms with van der Waals surface area (Å²) in [7, 11) is 6.86. The van der Waals surface area contributed by atoms with Gasteiger partial charge in [-0.15, -0.1) is 0 Å². The van der Waals surface area contributed by atoms with Gasteiger partial charge in [0.1, 0.15) is 0 Å². The summed E-state index contributed by atoms with van der Waals surface area (Å²) in [6.07, 6.45) is 2.11. The molecule has 1 saturated heterocycles. The van der Waals surface area contributed by atoms with Crippen LogP contribution < -0.4 is 0 Å². The second kappa shape index (κ2) is 25.6. The molecule has 0 bridgehead atoms. The Morgan fingerprint density at radius 1 is 0.952 bits per heavy atom. The van der Waals surface area contributed by atoms with Crippen molar-refractivity contribution in [1.29, 1.82) is 0 Å². The van der Waals surface area contributed by atoms with Gasteiger partial charge in [-0.2, -0.15) is 8.78 Å². The van der Waals surface area contributed by atoms with E-state index in [0.29, 0.717) is 32.8 Å². The predicted molar refractivity (Wildman–Crippen MR) is 167 cm³/mol. The molecular weight excluding hydrogens is 548 g/mol. The first-order valence-electron chi connectivity index (χ1n) is 15.3. The van der Waals surface area contributed by atoms with E-state index < -0.39 is 6.55 Å². The summed E-state index contributed by atoms with van der Waals surface area (Å²) in [5, 5.41) is 0. The van der Waals surface area contributed by atoms with Gasteiger partial charge in [-0.25, -0.2) is 4.90 Å². The molecule has 0 N–H and O–H groups in total. The standard InChI is InChI=1S/C11H18N2O3.C10H20F2N2O2.C5H13N.2C2H6/c1-9(14)12(2)7-10(15)13-5-6-16-11(8-13)3-4-11;1-8(2)14(10(11)12)7-9(15)13(3)5-6-16-4;1-4-6(3)5-2;2*1-2/h3-8H2,1-2H3;8,10H,5-7H2,1-4H3;4-5H2,1-3H3;2*1-2H3. The maximum Gasteiger partial charge on any atom is 0.295 e. The third-order valence-corrected chi connectivity index (χ3v) is 6.69. The van der Waals surface area contributed by atoms with Crippen LogP contribution in [0.3, 0.4) is 0 Å². The molecule has 1 aliphatic carbocycles. The van der Waals surface area contributed by atoms with Crippen LogP contribution in [0.5, 0.6) is 0 Å². The number of hydrogen-bond acceptors (Lipinski definition) is 7. The largest absolute Gasteiger partial charge is 0.383 e. The second-order valence-corrected chi connectivity index (χ2v) is 10.1. The number of methoxy groups -OCH3 is 1. The Morgan fingerprint density at radius 3 is 1.83 bits per heavy atom. The number of alkyl halides is 2. The Hall–Kier alpha value is -1.89. The number of carbonyl (C=O) groups is 3. The third-order valence-electron chi connectivity index (χ3n) is 6.69. The first kappa shape index (κ1) is 44.5. The van der Waals surface area contributed by atoms with E-state index >= 15 is 0 Å². The van der Waals surface area contributed by atoms with E-state index in [1.807, 2.05) is 32.6 Å². The molecule has 0 radical (unpaired) electrons. The molecule has 0 unspecified atom stereocenters. The average molecular weight is 612 g/mol. The monoisotopic (exact) mass is 611 g/mol. The predicted octanol–water partition coefficient (Wildman–Crippen LogP) is 3.89. The number of likely N-dealkylation sites (N-methyl/N-ethyl adjacent to an activating group) is 2. The van der Waals surface area contributed by atoms with Gasteiger partial charge in [0.25, 0.3) is 6.55 Å². The Labute approximate surface area is 255 Å². The van der Waals surface area contributed by atoms with Crippen molar-refractivity contribution in [3.05, 3.63) is 0 Å². The summed E-state index contributed by atoms with van der Waals surface area (Å²) in [5.74, 6) is -0.388. The van der Waals surface area contributed by atoms with Crippen molar-refractivity contribution in [2.24, 2.45) is 0 Å². The Bertz CT molecular complexity index is 700. The van der Waals surface area contributed by atoms with E-state index in [4.69, 9.17) is 9.47 Å². The maximum atomic E-state index is 12.6. The molecule has 252 valence electrons. The quantitative estimate of drug-likeness (QED) is 0.328. The molecule has 10 nitrogen and oxygen atoms in total. The van der Waals surface area contributed by atoms with Gasteiger partial charge in [0, 0.05) is 53.8 Å². The molecule has 1 aliphatic heterocycles. The summed E-state index contributed by atoms with van der Waals surface area (Å²) in [5.41, 5.74) is -0.0390. The zero-order valence-electron chi connectivity index (χ0n) is 29.0. The van der Waals surface area contributed by atoms with E-state index in [9.17, 15) is 23.2 Å². The Kier molecular flexibility index (Phi) is 27.1. The fraction of sp³-hybridized carbons (Fsp3) is 0.900. The number of carbonyl (C=O) groups excluding carboxylic acids is 3. The minimum atomic E-state index is -2.61. The van der Waals surface area contributed by atoms with E-state index in [2.05, 4.69) is 25.8 Å². The molecule has 2 fully saturated rings. The topological polar surface area (TPSA) is 85.9 Å². The van der Waals surface area contributed by atoms with Gasteiger partial charge in [0.05, 0.1) is 31.9 Å². The summed E-state index contributed by atoms with van der Waals surface area (Å²) in [4.78, 5) is 42.3. The lowest BCUT2D eigenvalue weighted by molar-refractivity contribution is -0.144. The van der Waals surface area contributed by atoms with Crippen molar-refractivity contribution in [2.45, 2.75) is 93.3 Å². The summed E-state index contributed by atoms with van der Waals surface area (Å²) in [6.45, 7) is 19.4. The van der Waals surface area contributed by atoms with Gasteiger partial charge in [0.15, 0.2) is 0 Å². The molecule has 1 heterocycles. The van der Waals surface area contributed by atoms with Crippen LogP contribution in [0.4, 0.5) is 8.78 Å². The van der Waals surface area contributed by atoms with Crippen LogP contribution in [-0.4, -0.2) is 148 Å². The first-order chi connectivity index (χ1) is 19.7. The van der Waals surface area contributed by atoms with Crippen LogP contribution in [0.2, 0.25) is 0 Å². The molecule has 2 aliphatic rings. The van der Waals surface area contributed by atoms with Gasteiger partial charge in [-0.05, 0) is 46.8 Å². The minimum Gasteiger partial charge on any atom is -0.383 e. The zero-order chi connectivity index (χ0) is 33.5. The SMILES string of the molecule is CC.CC.CC(=O)N(C)CC(=O)N1CCOC2(CC2)C1.CCN(C)CC.COCCN(C)C(=O)CN(C(C)C)C(F)F. The highest BCUT2D eigenvalue weighted by Crippen LogP contribution is 2.41. The van der Waals surface area contributed by atoms with E-state index in [1.54, 1.807) is 27.9 Å². The van der Waals surface area contributed by atoms with Crippen molar-refractivity contribution in [3.63, 3.8) is 0 Å². The van der Waals surface area contributed by atoms with Gasteiger partial charge in [-0.1, -0.05) is 41.5 Å². The second-order valence-electron chi connectivity index (χ2n) is 10.1. The van der Waals surface area contributed by atoms with Crippen LogP contribution in [0.15, 0.2) is 0 Å². The first-order valence-corrected chi connectivity index (χ1v) is 15.3. The van der Waals surface area contributed by atoms with Crippen LogP contribution in [0.1, 0.15) is 75.2 Å². The molecule has 3 amide bonds. The van der Waals surface area contributed by atoms with Crippen molar-refractivity contribution < 1.29 is 32.6 Å². The normalized spacial score (nSPS) is 14.5. The average Bonchev–Trinajstić information content (AvgIpc) is 3.73. The Morgan fingerprint density at radius 2 is 1.48 bits per heavy atom. The number of amides is 3. The molecule has 0 aromatic carbocycles. The fourth-order valence-corrected chi connectivity index (χ4v) is 3.24. The number of rotatable bonds is 11. The highest BCUT2D eigenvalue weighted by atomic mass is 19.3. The van der Waals surface area contributed by atoms with Crippen molar-refractivity contribution in [3.8, 4) is 0 Å². The van der Waals surface area contributed by atoms with Gasteiger partial charge >= 0.3 is 0 Å². The number of hydrogen-bond donors (Lipinski definition) is 0. The van der Waals surface area contributed by atoms with Crippen LogP contribution in [0, 0.1) is 0 Å². The van der Waals surface area contributed by atoms with Gasteiger partial charge < -0.3 is 29.1 Å². The smallest absolute Gasteiger partial charge is 0.295 e. The van der Waals surface area contributed by atoms with E-state index in [-0.39, 0.29) is 42.5 Å². The van der Waals surface area contributed by atoms with Crippen LogP contribution in [-0.2, 0) is 23.9 Å². The van der Waals surface area contributed by atoms with Crippen LogP contribution in [0.25, 0.3) is 0 Å². The van der Waals surface area contributed by atoms with Crippen molar-refractivity contribution in [2.75, 3.05) is 87.3 Å².